The monoisotopic (exact) mass is 471 g/mol. The number of ketones is 1. The Bertz CT molecular complexity index is 1080. The summed E-state index contributed by atoms with van der Waals surface area (Å²) in [5.41, 5.74) is -0.336. The first-order valence-corrected chi connectivity index (χ1v) is 10.5. The summed E-state index contributed by atoms with van der Waals surface area (Å²) in [6.07, 6.45) is -3.67. The van der Waals surface area contributed by atoms with Crippen molar-refractivity contribution in [2.45, 2.75) is 38.1 Å². The van der Waals surface area contributed by atoms with E-state index in [1.807, 2.05) is 11.8 Å². The number of carbonyl (C=O) groups is 1. The number of hydrogen-bond donors (Lipinski definition) is 0. The molecule has 4 rings (SSSR count). The minimum absolute atomic E-state index is 0.0557. The van der Waals surface area contributed by atoms with Crippen LogP contribution in [0.25, 0.3) is 0 Å². The maximum Gasteiger partial charge on any atom is 0.408 e. The van der Waals surface area contributed by atoms with E-state index in [0.717, 1.165) is 4.90 Å². The molecule has 0 amide bonds. The van der Waals surface area contributed by atoms with E-state index in [2.05, 4.69) is 9.97 Å². The number of halogens is 4. The van der Waals surface area contributed by atoms with Gasteiger partial charge in [0.15, 0.2) is 5.78 Å². The first kappa shape index (κ1) is 22.5. The van der Waals surface area contributed by atoms with Crippen LogP contribution in [0, 0.1) is 0 Å². The molecule has 0 aliphatic carbocycles. The van der Waals surface area contributed by atoms with Gasteiger partial charge in [0.2, 0.25) is 5.95 Å². The van der Waals surface area contributed by atoms with Gasteiger partial charge in [-0.15, -0.1) is 0 Å². The predicted octanol–water partition coefficient (Wildman–Crippen LogP) is 2.54. The van der Waals surface area contributed by atoms with Crippen LogP contribution in [-0.4, -0.2) is 64.9 Å². The number of nitrogens with zero attached hydrogens (tertiary/aromatic N) is 5. The maximum atomic E-state index is 13.9. The zero-order valence-electron chi connectivity index (χ0n) is 17.2. The number of fused-ring (bicyclic) bond motifs is 1. The van der Waals surface area contributed by atoms with E-state index in [4.69, 9.17) is 16.3 Å². The van der Waals surface area contributed by atoms with Crippen molar-refractivity contribution in [2.75, 3.05) is 36.1 Å². The molecular weight excluding hydrogens is 451 g/mol. The fraction of sp³-hybridized carbons (Fsp3) is 0.500. The highest BCUT2D eigenvalue weighted by molar-refractivity contribution is 6.29. The molecule has 2 atom stereocenters. The Balaban J connectivity index is 1.76. The lowest BCUT2D eigenvalue weighted by molar-refractivity contribution is -0.152. The average Bonchev–Trinajstić information content (AvgIpc) is 2.73. The van der Waals surface area contributed by atoms with Crippen molar-refractivity contribution < 1.29 is 22.7 Å². The number of alkyl halides is 3. The molecule has 0 aromatic carbocycles. The van der Waals surface area contributed by atoms with Gasteiger partial charge in [0.05, 0.1) is 25.8 Å². The van der Waals surface area contributed by atoms with Gasteiger partial charge >= 0.3 is 6.18 Å². The molecule has 1 saturated heterocycles. The van der Waals surface area contributed by atoms with Crippen LogP contribution >= 0.6 is 11.6 Å². The van der Waals surface area contributed by atoms with E-state index in [1.165, 1.54) is 29.0 Å². The number of Topliss-reactive ketones (excluding diaryl/α,β-unsaturated/α-hetero) is 1. The molecule has 0 bridgehead atoms. The quantitative estimate of drug-likeness (QED) is 0.500. The van der Waals surface area contributed by atoms with Crippen LogP contribution in [0.1, 0.15) is 23.7 Å². The summed E-state index contributed by atoms with van der Waals surface area (Å²) in [7, 11) is 0. The van der Waals surface area contributed by atoms with Gasteiger partial charge in [-0.25, -0.2) is 4.98 Å². The van der Waals surface area contributed by atoms with Gasteiger partial charge in [0.25, 0.3) is 5.56 Å². The number of carbonyl (C=O) groups excluding carboxylic acids is 1. The predicted molar refractivity (Wildman–Crippen MR) is 112 cm³/mol. The molecule has 4 heterocycles. The fourth-order valence-electron chi connectivity index (χ4n) is 4.02. The Morgan fingerprint density at radius 2 is 2.09 bits per heavy atom. The molecule has 1 fully saturated rings. The fourth-order valence-corrected chi connectivity index (χ4v) is 4.19. The average molecular weight is 472 g/mol. The van der Waals surface area contributed by atoms with Gasteiger partial charge < -0.3 is 14.5 Å². The summed E-state index contributed by atoms with van der Waals surface area (Å²) < 4.78 is 48.3. The number of aromatic nitrogens is 3. The number of ether oxygens (including phenoxy) is 1. The number of rotatable bonds is 4. The lowest BCUT2D eigenvalue weighted by Gasteiger charge is -2.40. The van der Waals surface area contributed by atoms with Gasteiger partial charge in [-0.2, -0.15) is 18.2 Å². The lowest BCUT2D eigenvalue weighted by atomic mass is 10.1. The molecule has 2 aliphatic heterocycles. The summed E-state index contributed by atoms with van der Waals surface area (Å²) in [6.45, 7) is 2.41. The SMILES string of the molecule is CC1COCCN1c1cc(=O)n2c(n1)N(CC(=O)c1ccnc(Cl)c1)C(C(F)(F)F)CC2. The van der Waals surface area contributed by atoms with Crippen molar-refractivity contribution in [3.05, 3.63) is 45.5 Å². The van der Waals surface area contributed by atoms with Crippen LogP contribution in [0.15, 0.2) is 29.2 Å². The van der Waals surface area contributed by atoms with Gasteiger partial charge in [-0.05, 0) is 25.5 Å². The second-order valence-corrected chi connectivity index (χ2v) is 8.17. The van der Waals surface area contributed by atoms with Crippen LogP contribution in [0.5, 0.6) is 0 Å². The third-order valence-corrected chi connectivity index (χ3v) is 5.84. The number of morpholine rings is 1. The van der Waals surface area contributed by atoms with Crippen LogP contribution in [-0.2, 0) is 11.3 Å². The Hall–Kier alpha value is -2.66. The zero-order valence-corrected chi connectivity index (χ0v) is 17.9. The summed E-state index contributed by atoms with van der Waals surface area (Å²) >= 11 is 5.82. The maximum absolute atomic E-state index is 13.9. The highest BCUT2D eigenvalue weighted by atomic mass is 35.5. The van der Waals surface area contributed by atoms with Gasteiger partial charge in [0, 0.05) is 30.9 Å². The molecule has 2 aromatic rings. The third-order valence-electron chi connectivity index (χ3n) is 5.64. The molecule has 32 heavy (non-hydrogen) atoms. The van der Waals surface area contributed by atoms with Crippen LogP contribution in [0.4, 0.5) is 24.9 Å². The van der Waals surface area contributed by atoms with Crippen molar-refractivity contribution in [1.29, 1.82) is 0 Å². The Labute approximate surface area is 186 Å². The van der Waals surface area contributed by atoms with Crippen molar-refractivity contribution >= 4 is 29.2 Å². The van der Waals surface area contributed by atoms with E-state index >= 15 is 0 Å². The Kier molecular flexibility index (Phi) is 6.13. The molecule has 2 aliphatic rings. The minimum atomic E-state index is -4.61. The highest BCUT2D eigenvalue weighted by Crippen LogP contribution is 2.34. The van der Waals surface area contributed by atoms with E-state index in [-0.39, 0.29) is 41.5 Å². The molecule has 172 valence electrons. The second-order valence-electron chi connectivity index (χ2n) is 7.79. The normalized spacial score (nSPS) is 21.4. The van der Waals surface area contributed by atoms with Gasteiger partial charge in [-0.3, -0.25) is 14.2 Å². The summed E-state index contributed by atoms with van der Waals surface area (Å²) in [4.78, 5) is 36.5. The van der Waals surface area contributed by atoms with E-state index in [0.29, 0.717) is 19.8 Å². The Morgan fingerprint density at radius 3 is 2.78 bits per heavy atom. The van der Waals surface area contributed by atoms with E-state index < -0.39 is 30.1 Å². The summed E-state index contributed by atoms with van der Waals surface area (Å²) in [5.74, 6) is -0.492. The van der Waals surface area contributed by atoms with Crippen molar-refractivity contribution in [1.82, 2.24) is 14.5 Å². The third kappa shape index (κ3) is 4.44. The molecule has 8 nitrogen and oxygen atoms in total. The molecule has 0 saturated carbocycles. The van der Waals surface area contributed by atoms with Gasteiger partial charge in [0.1, 0.15) is 17.0 Å². The second kappa shape index (κ2) is 8.70. The summed E-state index contributed by atoms with van der Waals surface area (Å²) in [5, 5.41) is 0.0557. The van der Waals surface area contributed by atoms with Crippen molar-refractivity contribution in [3.8, 4) is 0 Å². The standard InChI is InChI=1S/C20H21ClF3N5O3/c1-12-11-32-7-6-27(12)17-9-18(31)28-5-3-15(20(22,23)24)29(19(28)26-17)10-14(30)13-2-4-25-16(21)8-13/h2,4,8-9,12,15H,3,5-7,10-11H2,1H3. The topological polar surface area (TPSA) is 80.6 Å². The largest absolute Gasteiger partial charge is 0.408 e. The summed E-state index contributed by atoms with van der Waals surface area (Å²) in [6, 6.07) is 1.94. The van der Waals surface area contributed by atoms with E-state index in [1.54, 1.807) is 0 Å². The first-order valence-electron chi connectivity index (χ1n) is 10.1. The molecule has 2 unspecified atom stereocenters. The zero-order chi connectivity index (χ0) is 23.0. The molecule has 0 spiro atoms. The van der Waals surface area contributed by atoms with Crippen molar-refractivity contribution in [3.63, 3.8) is 0 Å². The molecule has 12 heteroatoms. The number of hydrogen-bond acceptors (Lipinski definition) is 7. The molecule has 0 N–H and O–H groups in total. The van der Waals surface area contributed by atoms with Crippen LogP contribution in [0.3, 0.4) is 0 Å². The van der Waals surface area contributed by atoms with E-state index in [9.17, 15) is 22.8 Å². The highest BCUT2D eigenvalue weighted by Gasteiger charge is 2.47. The van der Waals surface area contributed by atoms with Gasteiger partial charge in [-0.1, -0.05) is 11.6 Å². The molecule has 2 aromatic heterocycles. The van der Waals surface area contributed by atoms with Crippen LogP contribution < -0.4 is 15.4 Å². The first-order chi connectivity index (χ1) is 15.1. The minimum Gasteiger partial charge on any atom is -0.377 e. The molecular formula is C20H21ClF3N5O3. The Morgan fingerprint density at radius 1 is 1.31 bits per heavy atom. The number of pyridine rings is 1. The van der Waals surface area contributed by atoms with Crippen molar-refractivity contribution in [2.24, 2.45) is 0 Å². The smallest absolute Gasteiger partial charge is 0.377 e. The number of anilines is 2. The molecule has 0 radical (unpaired) electrons. The van der Waals surface area contributed by atoms with Crippen LogP contribution in [0.2, 0.25) is 5.15 Å². The lowest BCUT2D eigenvalue weighted by Crippen LogP contribution is -2.54.